The van der Waals surface area contributed by atoms with Gasteiger partial charge in [0.25, 0.3) is 11.8 Å². The smallest absolute Gasteiger partial charge is 0.270 e. The first-order valence-corrected chi connectivity index (χ1v) is 14.6. The summed E-state index contributed by atoms with van der Waals surface area (Å²) < 4.78 is 49.7. The normalized spacial score (nSPS) is 20.0. The molecule has 0 spiro atoms. The van der Waals surface area contributed by atoms with Crippen molar-refractivity contribution in [2.45, 2.75) is 77.1 Å². The number of hydrogen-bond donors (Lipinski definition) is 2. The summed E-state index contributed by atoms with van der Waals surface area (Å²) in [4.78, 5) is 26.6. The number of sulfonamides is 1. The number of hydrogen-bond acceptors (Lipinski definition) is 6. The summed E-state index contributed by atoms with van der Waals surface area (Å²) >= 11 is 0. The van der Waals surface area contributed by atoms with Crippen LogP contribution in [0.3, 0.4) is 0 Å². The monoisotopic (exact) mass is 546 g/mol. The molecule has 1 aromatic heterocycles. The molecule has 2 heterocycles. The van der Waals surface area contributed by atoms with Crippen LogP contribution in [0.1, 0.15) is 71.1 Å². The molecule has 1 fully saturated rings. The van der Waals surface area contributed by atoms with Gasteiger partial charge in [0.1, 0.15) is 17.1 Å². The summed E-state index contributed by atoms with van der Waals surface area (Å²) in [6.45, 7) is 8.85. The highest BCUT2D eigenvalue weighted by Gasteiger charge is 2.44. The molecule has 1 aliphatic heterocycles. The van der Waals surface area contributed by atoms with E-state index in [9.17, 15) is 18.0 Å². The molecule has 38 heavy (non-hydrogen) atoms. The van der Waals surface area contributed by atoms with Crippen LogP contribution in [0.5, 0.6) is 5.75 Å². The van der Waals surface area contributed by atoms with Crippen molar-refractivity contribution in [2.24, 2.45) is 5.92 Å². The average Bonchev–Trinajstić information content (AvgIpc) is 3.59. The maximum Gasteiger partial charge on any atom is 0.270 e. The van der Waals surface area contributed by atoms with Gasteiger partial charge in [-0.3, -0.25) is 14.3 Å². The van der Waals surface area contributed by atoms with Crippen LogP contribution in [0.15, 0.2) is 36.0 Å². The highest BCUT2D eigenvalue weighted by Crippen LogP contribution is 2.40. The van der Waals surface area contributed by atoms with Crippen LogP contribution in [0.25, 0.3) is 5.57 Å². The van der Waals surface area contributed by atoms with E-state index >= 15 is 4.39 Å². The fourth-order valence-electron chi connectivity index (χ4n) is 4.57. The Morgan fingerprint density at radius 1 is 1.32 bits per heavy atom. The Morgan fingerprint density at radius 2 is 2.05 bits per heavy atom. The molecule has 2 aromatic rings. The Morgan fingerprint density at radius 3 is 2.68 bits per heavy atom. The maximum atomic E-state index is 15.3. The van der Waals surface area contributed by atoms with Gasteiger partial charge in [-0.2, -0.15) is 5.10 Å². The summed E-state index contributed by atoms with van der Waals surface area (Å²) in [5.41, 5.74) is -0.718. The second kappa shape index (κ2) is 10.9. The van der Waals surface area contributed by atoms with Gasteiger partial charge in [-0.25, -0.2) is 17.5 Å². The first-order valence-electron chi connectivity index (χ1n) is 13.0. The number of unbranched alkanes of at least 4 members (excludes halogenated alkanes) is 1. The molecule has 1 aliphatic carbocycles. The SMILES string of the molecule is CCCCOc1ccc([C@]2(C)CC(c3ccn(CC(C)C)n3)=C(C(=O)NS(=O)(=O)C3CC3)C(=O)N2)c(F)c1. The number of rotatable bonds is 11. The molecule has 11 heteroatoms. The number of carbonyl (C=O) groups is 2. The van der Waals surface area contributed by atoms with Gasteiger partial charge in [-0.15, -0.1) is 0 Å². The van der Waals surface area contributed by atoms with Gasteiger partial charge in [0, 0.05) is 36.4 Å². The van der Waals surface area contributed by atoms with Crippen LogP contribution in [0, 0.1) is 11.7 Å². The lowest BCUT2D eigenvalue weighted by atomic mass is 9.79. The Bertz CT molecular complexity index is 1360. The largest absolute Gasteiger partial charge is 0.493 e. The molecular weight excluding hydrogens is 511 g/mol. The highest BCUT2D eigenvalue weighted by atomic mass is 32.2. The summed E-state index contributed by atoms with van der Waals surface area (Å²) in [5.74, 6) is -1.67. The zero-order valence-electron chi connectivity index (χ0n) is 22.2. The first-order chi connectivity index (χ1) is 17.9. The van der Waals surface area contributed by atoms with Gasteiger partial charge in [0.2, 0.25) is 10.0 Å². The maximum absolute atomic E-state index is 15.3. The number of ether oxygens (including phenoxy) is 1. The lowest BCUT2D eigenvalue weighted by Gasteiger charge is -2.37. The average molecular weight is 547 g/mol. The zero-order chi connectivity index (χ0) is 27.7. The quantitative estimate of drug-likeness (QED) is 0.328. The molecule has 2 amide bonds. The van der Waals surface area contributed by atoms with Gasteiger partial charge in [0.15, 0.2) is 0 Å². The fraction of sp³-hybridized carbons (Fsp3) is 0.519. The molecule has 1 saturated carbocycles. The molecule has 1 aromatic carbocycles. The summed E-state index contributed by atoms with van der Waals surface area (Å²) in [7, 11) is -3.89. The number of aromatic nitrogens is 2. The zero-order valence-corrected chi connectivity index (χ0v) is 23.0. The van der Waals surface area contributed by atoms with Crippen LogP contribution in [-0.4, -0.2) is 41.9 Å². The fourth-order valence-corrected chi connectivity index (χ4v) is 5.85. The van der Waals surface area contributed by atoms with E-state index in [-0.39, 0.29) is 23.1 Å². The molecule has 0 saturated heterocycles. The molecule has 2 aliphatic rings. The molecule has 1 atom stereocenters. The summed E-state index contributed by atoms with van der Waals surface area (Å²) in [5, 5.41) is 6.68. The lowest BCUT2D eigenvalue weighted by Crippen LogP contribution is -2.51. The summed E-state index contributed by atoms with van der Waals surface area (Å²) in [6, 6.07) is 6.18. The third kappa shape index (κ3) is 6.09. The Balaban J connectivity index is 1.72. The van der Waals surface area contributed by atoms with Crippen molar-refractivity contribution in [3.8, 4) is 5.75 Å². The number of carbonyl (C=O) groups excluding carboxylic acids is 2. The Hall–Kier alpha value is -3.21. The predicted octanol–water partition coefficient (Wildman–Crippen LogP) is 3.65. The molecule has 4 rings (SSSR count). The van der Waals surface area contributed by atoms with Crippen molar-refractivity contribution in [2.75, 3.05) is 6.61 Å². The molecule has 0 radical (unpaired) electrons. The second-order valence-electron chi connectivity index (χ2n) is 10.7. The number of halogens is 1. The van der Waals surface area contributed by atoms with Crippen LogP contribution in [0.4, 0.5) is 4.39 Å². The van der Waals surface area contributed by atoms with Crippen molar-refractivity contribution >= 4 is 27.4 Å². The third-order valence-electron chi connectivity index (χ3n) is 6.68. The Labute approximate surface area is 222 Å². The van der Waals surface area contributed by atoms with E-state index in [0.29, 0.717) is 43.4 Å². The van der Waals surface area contributed by atoms with Gasteiger partial charge in [-0.05, 0) is 44.2 Å². The van der Waals surface area contributed by atoms with Crippen molar-refractivity contribution in [1.82, 2.24) is 19.8 Å². The van der Waals surface area contributed by atoms with E-state index in [2.05, 4.69) is 15.1 Å². The number of amides is 2. The standard InChI is InChI=1S/C27H35FN4O5S/c1-5-6-13-37-18-7-10-21(22(28)14-18)27(4)15-20(23-11-12-32(30-23)16-17(2)3)24(25(33)29-27)26(34)31-38(35,36)19-8-9-19/h7,10-12,14,17,19H,5-6,8-9,13,15-16H2,1-4H3,(H,29,33)(H,31,34)/t27-/m0/s1. The van der Waals surface area contributed by atoms with E-state index in [1.807, 2.05) is 20.8 Å². The highest BCUT2D eigenvalue weighted by molar-refractivity contribution is 7.91. The summed E-state index contributed by atoms with van der Waals surface area (Å²) in [6.07, 6.45) is 4.49. The molecule has 0 unspecified atom stereocenters. The number of nitrogens with one attached hydrogen (secondary N) is 2. The van der Waals surface area contributed by atoms with Crippen LogP contribution >= 0.6 is 0 Å². The number of nitrogens with zero attached hydrogens (tertiary/aromatic N) is 2. The second-order valence-corrected chi connectivity index (χ2v) is 12.6. The minimum atomic E-state index is -3.89. The van der Waals surface area contributed by atoms with Gasteiger partial charge >= 0.3 is 0 Å². The van der Waals surface area contributed by atoms with Gasteiger partial charge in [-0.1, -0.05) is 33.3 Å². The molecule has 0 bridgehead atoms. The van der Waals surface area contributed by atoms with Crippen LogP contribution in [0.2, 0.25) is 0 Å². The van der Waals surface area contributed by atoms with Crippen molar-refractivity contribution in [3.05, 3.63) is 53.1 Å². The molecule has 9 nitrogen and oxygen atoms in total. The minimum Gasteiger partial charge on any atom is -0.493 e. The van der Waals surface area contributed by atoms with Crippen molar-refractivity contribution in [3.63, 3.8) is 0 Å². The number of benzene rings is 1. The Kier molecular flexibility index (Phi) is 7.96. The van der Waals surface area contributed by atoms with E-state index in [0.717, 1.165) is 12.8 Å². The predicted molar refractivity (Wildman–Crippen MR) is 141 cm³/mol. The molecule has 206 valence electrons. The molecular formula is C27H35FN4O5S. The van der Waals surface area contributed by atoms with Crippen molar-refractivity contribution in [1.29, 1.82) is 0 Å². The van der Waals surface area contributed by atoms with Crippen LogP contribution in [-0.2, 0) is 31.7 Å². The minimum absolute atomic E-state index is 0.0244. The first kappa shape index (κ1) is 27.8. The topological polar surface area (TPSA) is 119 Å². The van der Waals surface area contributed by atoms with E-state index in [1.54, 1.807) is 36.0 Å². The van der Waals surface area contributed by atoms with Crippen molar-refractivity contribution < 1.29 is 27.1 Å². The lowest BCUT2D eigenvalue weighted by molar-refractivity contribution is -0.124. The van der Waals surface area contributed by atoms with Gasteiger partial charge < -0.3 is 10.1 Å². The van der Waals surface area contributed by atoms with E-state index in [4.69, 9.17) is 4.74 Å². The van der Waals surface area contributed by atoms with E-state index < -0.39 is 38.4 Å². The van der Waals surface area contributed by atoms with E-state index in [1.165, 1.54) is 6.07 Å². The van der Waals surface area contributed by atoms with Gasteiger partial charge in [0.05, 0.1) is 23.1 Å². The third-order valence-corrected chi connectivity index (χ3v) is 8.50. The molecule has 2 N–H and O–H groups in total. The van der Waals surface area contributed by atoms with Crippen LogP contribution < -0.4 is 14.8 Å².